The minimum Gasteiger partial charge on any atom is -0.445 e. The molecule has 2 atom stereocenters. The number of halogens is 1. The zero-order chi connectivity index (χ0) is 44.1. The van der Waals surface area contributed by atoms with Crippen LogP contribution in [0.2, 0.25) is 0 Å². The molecular weight excluding hydrogens is 860 g/mol. The number of primary amides is 1. The summed E-state index contributed by atoms with van der Waals surface area (Å²) in [6, 6.07) is 6.35. The Hall–Kier alpha value is -5.87. The number of ether oxygens (including phenoxy) is 1. The maximum absolute atomic E-state index is 13.4. The molecular formula is C39H53BrN12O9. The third-order valence-electron chi connectivity index (χ3n) is 10.6. The summed E-state index contributed by atoms with van der Waals surface area (Å²) < 4.78 is 6.96. The lowest BCUT2D eigenvalue weighted by Gasteiger charge is -2.32. The Morgan fingerprint density at radius 1 is 0.918 bits per heavy atom. The number of aromatic nitrogens is 3. The number of fused-ring (bicyclic) bond motifs is 1. The van der Waals surface area contributed by atoms with Crippen LogP contribution in [0.4, 0.5) is 21.1 Å². The second-order valence-electron chi connectivity index (χ2n) is 15.0. The van der Waals surface area contributed by atoms with Crippen LogP contribution in [0.3, 0.4) is 0 Å². The molecule has 1 aliphatic heterocycles. The van der Waals surface area contributed by atoms with E-state index in [4.69, 9.17) is 15.4 Å². The molecule has 3 aromatic rings. The minimum absolute atomic E-state index is 0.0427. The van der Waals surface area contributed by atoms with Gasteiger partial charge in [0.15, 0.2) is 5.65 Å². The number of carbonyl (C=O) groups excluding carboxylic acids is 7. The van der Waals surface area contributed by atoms with Gasteiger partial charge in [-0.3, -0.25) is 28.5 Å². The fraction of sp³-hybridized carbons (Fsp3) is 0.513. The van der Waals surface area contributed by atoms with Gasteiger partial charge in [0.05, 0.1) is 23.7 Å². The van der Waals surface area contributed by atoms with Crippen molar-refractivity contribution in [2.24, 2.45) is 5.73 Å². The van der Waals surface area contributed by atoms with Gasteiger partial charge in [0, 0.05) is 58.7 Å². The van der Waals surface area contributed by atoms with Crippen LogP contribution in [0, 0.1) is 0 Å². The molecule has 1 aromatic carbocycles. The molecule has 7 amide bonds. The summed E-state index contributed by atoms with van der Waals surface area (Å²) in [6.07, 6.45) is 8.80. The van der Waals surface area contributed by atoms with Crippen molar-refractivity contribution < 1.29 is 43.2 Å². The molecule has 22 heteroatoms. The Labute approximate surface area is 361 Å². The predicted octanol–water partition coefficient (Wildman–Crippen LogP) is 1.61. The Balaban J connectivity index is 1.03. The van der Waals surface area contributed by atoms with E-state index in [0.717, 1.165) is 24.0 Å². The van der Waals surface area contributed by atoms with Crippen molar-refractivity contribution in [1.29, 1.82) is 0 Å². The maximum Gasteiger partial charge on any atom is 0.409 e. The number of likely N-dealkylation sites (tertiary alicyclic amines) is 1. The average molecular weight is 914 g/mol. The summed E-state index contributed by atoms with van der Waals surface area (Å²) in [5.74, 6) is -2.29. The number of benzene rings is 1. The van der Waals surface area contributed by atoms with Crippen molar-refractivity contribution in [3.8, 4) is 0 Å². The zero-order valence-corrected chi connectivity index (χ0v) is 36.0. The van der Waals surface area contributed by atoms with Crippen LogP contribution in [0.1, 0.15) is 56.9 Å². The number of hydrogen-bond donors (Lipinski definition) is 5. The SMILES string of the molecule is CN(CCN(C)C(=O)n1ccc2c(N(C)C3CCCCC3)ncnc21)C(=O)OCc1ccc(NC(=O)CNC(=O)C2CCCN2C(=O)C(CC(N)=O)NONC(=O)CBr)cc1. The number of hydroxylamine groups is 2. The summed E-state index contributed by atoms with van der Waals surface area (Å²) in [5.41, 5.74) is 11.2. The highest BCUT2D eigenvalue weighted by Crippen LogP contribution is 2.30. The number of alkyl halides is 1. The van der Waals surface area contributed by atoms with E-state index in [1.165, 1.54) is 44.9 Å². The van der Waals surface area contributed by atoms with E-state index in [-0.39, 0.29) is 44.1 Å². The van der Waals surface area contributed by atoms with E-state index in [1.54, 1.807) is 44.6 Å². The number of anilines is 2. The molecule has 6 N–H and O–H groups in total. The number of likely N-dealkylation sites (N-methyl/N-ethyl adjacent to an activating group) is 2. The van der Waals surface area contributed by atoms with Crippen LogP contribution in [-0.4, -0.2) is 142 Å². The molecule has 1 aliphatic carbocycles. The molecule has 0 bridgehead atoms. The van der Waals surface area contributed by atoms with Gasteiger partial charge in [-0.05, 0) is 49.4 Å². The Kier molecular flexibility index (Phi) is 16.7. The maximum atomic E-state index is 13.4. The summed E-state index contributed by atoms with van der Waals surface area (Å²) in [7, 11) is 5.28. The van der Waals surface area contributed by atoms with Gasteiger partial charge in [-0.2, -0.15) is 10.4 Å². The molecule has 5 rings (SSSR count). The van der Waals surface area contributed by atoms with Gasteiger partial charge in [0.2, 0.25) is 23.6 Å². The number of nitrogens with two attached hydrogens (primary N) is 1. The molecule has 61 heavy (non-hydrogen) atoms. The van der Waals surface area contributed by atoms with Crippen molar-refractivity contribution in [3.63, 3.8) is 0 Å². The second kappa shape index (κ2) is 22.1. The molecule has 2 aliphatic rings. The lowest BCUT2D eigenvalue weighted by Crippen LogP contribution is -2.54. The normalized spacial score (nSPS) is 15.7. The first-order chi connectivity index (χ1) is 29.3. The Morgan fingerprint density at radius 3 is 2.34 bits per heavy atom. The monoisotopic (exact) mass is 912 g/mol. The van der Waals surface area contributed by atoms with E-state index in [2.05, 4.69) is 46.9 Å². The molecule has 21 nitrogen and oxygen atoms in total. The Morgan fingerprint density at radius 2 is 1.64 bits per heavy atom. The molecule has 3 heterocycles. The highest BCUT2D eigenvalue weighted by molar-refractivity contribution is 9.09. The largest absolute Gasteiger partial charge is 0.445 e. The van der Waals surface area contributed by atoms with Gasteiger partial charge < -0.3 is 40.7 Å². The first-order valence-electron chi connectivity index (χ1n) is 20.0. The van der Waals surface area contributed by atoms with Gasteiger partial charge in [-0.25, -0.2) is 25.0 Å². The number of carbonyl (C=O) groups is 7. The highest BCUT2D eigenvalue weighted by Gasteiger charge is 2.38. The molecule has 1 saturated heterocycles. The van der Waals surface area contributed by atoms with Crippen molar-refractivity contribution in [2.75, 3.05) is 62.9 Å². The van der Waals surface area contributed by atoms with Gasteiger partial charge in [0.25, 0.3) is 5.91 Å². The van der Waals surface area contributed by atoms with Crippen LogP contribution >= 0.6 is 15.9 Å². The smallest absolute Gasteiger partial charge is 0.409 e. The lowest BCUT2D eigenvalue weighted by molar-refractivity contribution is -0.153. The van der Waals surface area contributed by atoms with Gasteiger partial charge in [-0.15, -0.1) is 0 Å². The summed E-state index contributed by atoms with van der Waals surface area (Å²) in [6.45, 7) is 0.234. The molecule has 2 unspecified atom stereocenters. The number of hydrogen-bond acceptors (Lipinski definition) is 13. The van der Waals surface area contributed by atoms with Gasteiger partial charge in [0.1, 0.15) is 30.8 Å². The highest BCUT2D eigenvalue weighted by atomic mass is 79.9. The molecule has 0 spiro atoms. The van der Waals surface area contributed by atoms with Crippen molar-refractivity contribution in [1.82, 2.24) is 45.5 Å². The topological polar surface area (TPSA) is 256 Å². The molecule has 2 aromatic heterocycles. The average Bonchev–Trinajstić information content (AvgIpc) is 3.94. The third kappa shape index (κ3) is 12.6. The molecule has 2 fully saturated rings. The van der Waals surface area contributed by atoms with E-state index >= 15 is 0 Å². The molecule has 0 radical (unpaired) electrons. The first-order valence-corrected chi connectivity index (χ1v) is 21.1. The van der Waals surface area contributed by atoms with Crippen LogP contribution < -0.4 is 32.2 Å². The van der Waals surface area contributed by atoms with E-state index in [9.17, 15) is 33.6 Å². The minimum atomic E-state index is -1.28. The zero-order valence-electron chi connectivity index (χ0n) is 34.4. The first kappa shape index (κ1) is 46.2. The molecule has 330 valence electrons. The number of rotatable bonds is 18. The summed E-state index contributed by atoms with van der Waals surface area (Å²) in [4.78, 5) is 108. The predicted molar refractivity (Wildman–Crippen MR) is 226 cm³/mol. The van der Waals surface area contributed by atoms with Crippen LogP contribution in [-0.2, 0) is 40.3 Å². The standard InChI is InChI=1S/C39H53BrN12O9/c1-48(38(58)52-17-15-28-34(43-24-44-35(28)52)50(3)27-8-5-4-6-9-27)18-19-49(2)39(59)60-23-25-11-13-26(14-12-25)45-33(55)22-42-36(56)30-10-7-16-51(30)37(57)29(20-31(41)53)46-61-47-32(54)21-40/h11-15,17,24,27,29-30,46H,4-10,16,18-23H2,1-3H3,(H2,41,53)(H,42,56)(H,45,55)(H,47,54). The third-order valence-corrected chi connectivity index (χ3v) is 11.1. The summed E-state index contributed by atoms with van der Waals surface area (Å²) >= 11 is 2.95. The molecule has 1 saturated carbocycles. The van der Waals surface area contributed by atoms with Gasteiger partial charge >= 0.3 is 12.1 Å². The summed E-state index contributed by atoms with van der Waals surface area (Å²) in [5, 5.41) is 5.95. The fourth-order valence-electron chi connectivity index (χ4n) is 7.18. The number of nitrogens with one attached hydrogen (secondary N) is 4. The van der Waals surface area contributed by atoms with Crippen molar-refractivity contribution in [2.45, 2.75) is 76.1 Å². The van der Waals surface area contributed by atoms with Crippen LogP contribution in [0.25, 0.3) is 11.0 Å². The van der Waals surface area contributed by atoms with Crippen LogP contribution in [0.5, 0.6) is 0 Å². The van der Waals surface area contributed by atoms with Crippen LogP contribution in [0.15, 0.2) is 42.9 Å². The second-order valence-corrected chi connectivity index (χ2v) is 15.5. The van der Waals surface area contributed by atoms with E-state index in [0.29, 0.717) is 35.8 Å². The lowest BCUT2D eigenvalue weighted by atomic mass is 9.94. The van der Waals surface area contributed by atoms with Gasteiger partial charge in [-0.1, -0.05) is 47.3 Å². The van der Waals surface area contributed by atoms with Crippen molar-refractivity contribution >= 4 is 80.1 Å². The van der Waals surface area contributed by atoms with E-state index < -0.39 is 54.1 Å². The number of nitrogens with zero attached hydrogens (tertiary/aromatic N) is 7. The fourth-order valence-corrected chi connectivity index (χ4v) is 7.30. The Bertz CT molecular complexity index is 2040. The number of amides is 7. The van der Waals surface area contributed by atoms with E-state index in [1.807, 2.05) is 18.6 Å². The quantitative estimate of drug-likeness (QED) is 0.0900. The van der Waals surface area contributed by atoms with Crippen molar-refractivity contribution in [3.05, 3.63) is 48.4 Å².